The summed E-state index contributed by atoms with van der Waals surface area (Å²) in [6, 6.07) is 8.68. The second-order valence-electron chi connectivity index (χ2n) is 7.77. The fourth-order valence-electron chi connectivity index (χ4n) is 4.23. The number of rotatable bonds is 6. The number of phenols is 1. The van der Waals surface area contributed by atoms with Crippen LogP contribution in [0.5, 0.6) is 28.7 Å². The molecule has 0 saturated carbocycles. The van der Waals surface area contributed by atoms with Gasteiger partial charge in [0, 0.05) is 43.1 Å². The number of hydrogen-bond acceptors (Lipinski definition) is 7. The standard InChI is InChI=1S/C23H27NO7/c1-28-16-9-18(26)23(21(10-16)29-2)17(11-22(27)24-7-3-4-15(25)12-24)14-5-6-19-20(8-14)31-13-30-19/h5-6,8-10,15,17,25-26H,3-4,7,11-13H2,1-2H3. The first-order chi connectivity index (χ1) is 15.0. The molecule has 1 amide bonds. The van der Waals surface area contributed by atoms with Gasteiger partial charge in [0.05, 0.1) is 20.3 Å². The average molecular weight is 429 g/mol. The number of carbonyl (C=O) groups excluding carboxylic acids is 1. The molecular formula is C23H27NO7. The first-order valence-electron chi connectivity index (χ1n) is 10.3. The minimum atomic E-state index is -0.509. The largest absolute Gasteiger partial charge is 0.507 e. The Morgan fingerprint density at radius 1 is 1.19 bits per heavy atom. The Balaban J connectivity index is 1.74. The van der Waals surface area contributed by atoms with Gasteiger partial charge in [-0.3, -0.25) is 4.79 Å². The Kier molecular flexibility index (Phi) is 6.08. The van der Waals surface area contributed by atoms with Crippen LogP contribution in [0.3, 0.4) is 0 Å². The van der Waals surface area contributed by atoms with Gasteiger partial charge in [-0.1, -0.05) is 6.07 Å². The molecule has 0 spiro atoms. The fraction of sp³-hybridized carbons (Fsp3) is 0.435. The zero-order chi connectivity index (χ0) is 22.0. The molecule has 1 fully saturated rings. The first kappa shape index (κ1) is 21.1. The molecule has 8 heteroatoms. The maximum atomic E-state index is 13.2. The number of phenolic OH excluding ortho intramolecular Hbond substituents is 1. The van der Waals surface area contributed by atoms with Crippen LogP contribution < -0.4 is 18.9 Å². The number of hydrogen-bond donors (Lipinski definition) is 2. The quantitative estimate of drug-likeness (QED) is 0.729. The number of likely N-dealkylation sites (tertiary alicyclic amines) is 1. The van der Waals surface area contributed by atoms with Crippen LogP contribution in [0.4, 0.5) is 0 Å². The molecule has 1 saturated heterocycles. The van der Waals surface area contributed by atoms with Gasteiger partial charge in [0.2, 0.25) is 12.7 Å². The Bertz CT molecular complexity index is 961. The topological polar surface area (TPSA) is 97.7 Å². The number of fused-ring (bicyclic) bond motifs is 1. The van der Waals surface area contributed by atoms with E-state index in [1.165, 1.54) is 20.3 Å². The van der Waals surface area contributed by atoms with Crippen molar-refractivity contribution < 1.29 is 34.0 Å². The van der Waals surface area contributed by atoms with Crippen LogP contribution in [-0.4, -0.2) is 61.2 Å². The van der Waals surface area contributed by atoms with Crippen LogP contribution in [0, 0.1) is 0 Å². The second-order valence-corrected chi connectivity index (χ2v) is 7.77. The van der Waals surface area contributed by atoms with Gasteiger partial charge in [0.15, 0.2) is 11.5 Å². The van der Waals surface area contributed by atoms with Crippen molar-refractivity contribution in [2.45, 2.75) is 31.3 Å². The fourth-order valence-corrected chi connectivity index (χ4v) is 4.23. The minimum absolute atomic E-state index is 0.0228. The van der Waals surface area contributed by atoms with Gasteiger partial charge < -0.3 is 34.1 Å². The van der Waals surface area contributed by atoms with Crippen LogP contribution >= 0.6 is 0 Å². The first-order valence-corrected chi connectivity index (χ1v) is 10.3. The molecule has 2 aromatic rings. The molecule has 0 radical (unpaired) electrons. The van der Waals surface area contributed by atoms with Crippen molar-refractivity contribution in [1.82, 2.24) is 4.90 Å². The number of ether oxygens (including phenoxy) is 4. The van der Waals surface area contributed by atoms with E-state index in [4.69, 9.17) is 18.9 Å². The van der Waals surface area contributed by atoms with Gasteiger partial charge in [-0.15, -0.1) is 0 Å². The SMILES string of the molecule is COc1cc(O)c(C(CC(=O)N2CCCC(O)C2)c2ccc3c(c2)OCO3)c(OC)c1. The maximum absolute atomic E-state index is 13.2. The lowest BCUT2D eigenvalue weighted by molar-refractivity contribution is -0.134. The highest BCUT2D eigenvalue weighted by Gasteiger charge is 2.30. The highest BCUT2D eigenvalue weighted by Crippen LogP contribution is 2.45. The van der Waals surface area contributed by atoms with E-state index in [0.717, 1.165) is 12.0 Å². The summed E-state index contributed by atoms with van der Waals surface area (Å²) < 4.78 is 21.7. The van der Waals surface area contributed by atoms with E-state index >= 15 is 0 Å². The third kappa shape index (κ3) is 4.34. The Morgan fingerprint density at radius 2 is 2.00 bits per heavy atom. The summed E-state index contributed by atoms with van der Waals surface area (Å²) in [6.45, 7) is 1.07. The predicted molar refractivity (Wildman–Crippen MR) is 112 cm³/mol. The van der Waals surface area contributed by atoms with E-state index in [1.807, 2.05) is 12.1 Å². The number of piperidine rings is 1. The van der Waals surface area contributed by atoms with E-state index in [0.29, 0.717) is 48.1 Å². The van der Waals surface area contributed by atoms with Crippen LogP contribution in [0.1, 0.15) is 36.3 Å². The molecule has 0 bridgehead atoms. The Hall–Kier alpha value is -3.13. The van der Waals surface area contributed by atoms with Crippen LogP contribution in [-0.2, 0) is 4.79 Å². The molecular weight excluding hydrogens is 402 g/mol. The average Bonchev–Trinajstić information content (AvgIpc) is 3.25. The highest BCUT2D eigenvalue weighted by atomic mass is 16.7. The third-order valence-corrected chi connectivity index (χ3v) is 5.82. The molecule has 2 heterocycles. The van der Waals surface area contributed by atoms with Gasteiger partial charge >= 0.3 is 0 Å². The summed E-state index contributed by atoms with van der Waals surface area (Å²) in [5.41, 5.74) is 1.28. The van der Waals surface area contributed by atoms with Crippen molar-refractivity contribution >= 4 is 5.91 Å². The number of amides is 1. The summed E-state index contributed by atoms with van der Waals surface area (Å²) in [4.78, 5) is 14.9. The molecule has 31 heavy (non-hydrogen) atoms. The van der Waals surface area contributed by atoms with E-state index in [-0.39, 0.29) is 24.9 Å². The third-order valence-electron chi connectivity index (χ3n) is 5.82. The van der Waals surface area contributed by atoms with Crippen molar-refractivity contribution in [2.24, 2.45) is 0 Å². The molecule has 2 aliphatic heterocycles. The molecule has 0 aliphatic carbocycles. The summed E-state index contributed by atoms with van der Waals surface area (Å²) >= 11 is 0. The monoisotopic (exact) mass is 429 g/mol. The van der Waals surface area contributed by atoms with Crippen molar-refractivity contribution in [2.75, 3.05) is 34.1 Å². The smallest absolute Gasteiger partial charge is 0.231 e. The van der Waals surface area contributed by atoms with Crippen LogP contribution in [0.15, 0.2) is 30.3 Å². The number of aromatic hydroxyl groups is 1. The number of methoxy groups -OCH3 is 2. The van der Waals surface area contributed by atoms with E-state index < -0.39 is 12.0 Å². The molecule has 166 valence electrons. The molecule has 2 aromatic carbocycles. The van der Waals surface area contributed by atoms with Gasteiger partial charge in [-0.25, -0.2) is 0 Å². The number of nitrogens with zero attached hydrogens (tertiary/aromatic N) is 1. The zero-order valence-electron chi connectivity index (χ0n) is 17.7. The van der Waals surface area contributed by atoms with Crippen LogP contribution in [0.2, 0.25) is 0 Å². The van der Waals surface area contributed by atoms with Crippen LogP contribution in [0.25, 0.3) is 0 Å². The zero-order valence-corrected chi connectivity index (χ0v) is 17.7. The summed E-state index contributed by atoms with van der Waals surface area (Å²) in [5, 5.41) is 20.8. The van der Waals surface area contributed by atoms with Gasteiger partial charge in [-0.05, 0) is 30.5 Å². The van der Waals surface area contributed by atoms with E-state index in [9.17, 15) is 15.0 Å². The van der Waals surface area contributed by atoms with Crippen molar-refractivity contribution in [3.63, 3.8) is 0 Å². The normalized spacial score (nSPS) is 18.5. The second kappa shape index (κ2) is 8.93. The number of aliphatic hydroxyl groups excluding tert-OH is 1. The summed E-state index contributed by atoms with van der Waals surface area (Å²) in [7, 11) is 3.02. The number of β-amino-alcohol motifs (C(OH)–C–C–N with tert-alkyl or cyclic N) is 1. The molecule has 4 rings (SSSR count). The molecule has 2 aliphatic rings. The summed E-state index contributed by atoms with van der Waals surface area (Å²) in [5.74, 6) is 1.49. The lowest BCUT2D eigenvalue weighted by Crippen LogP contribution is -2.42. The molecule has 2 N–H and O–H groups in total. The minimum Gasteiger partial charge on any atom is -0.507 e. The molecule has 2 unspecified atom stereocenters. The van der Waals surface area contributed by atoms with Gasteiger partial charge in [0.1, 0.15) is 17.2 Å². The lowest BCUT2D eigenvalue weighted by Gasteiger charge is -2.32. The van der Waals surface area contributed by atoms with Crippen molar-refractivity contribution in [3.05, 3.63) is 41.5 Å². The van der Waals surface area contributed by atoms with Crippen molar-refractivity contribution in [3.8, 4) is 28.7 Å². The number of carbonyl (C=O) groups is 1. The highest BCUT2D eigenvalue weighted by molar-refractivity contribution is 5.78. The number of benzene rings is 2. The molecule has 2 atom stereocenters. The van der Waals surface area contributed by atoms with Gasteiger partial charge in [0.25, 0.3) is 0 Å². The van der Waals surface area contributed by atoms with E-state index in [2.05, 4.69) is 0 Å². The molecule has 8 nitrogen and oxygen atoms in total. The Morgan fingerprint density at radius 3 is 2.74 bits per heavy atom. The maximum Gasteiger partial charge on any atom is 0.231 e. The lowest BCUT2D eigenvalue weighted by atomic mass is 9.86. The molecule has 0 aromatic heterocycles. The van der Waals surface area contributed by atoms with Gasteiger partial charge in [-0.2, -0.15) is 0 Å². The van der Waals surface area contributed by atoms with Crippen molar-refractivity contribution in [1.29, 1.82) is 0 Å². The summed E-state index contributed by atoms with van der Waals surface area (Å²) in [6.07, 6.45) is 1.05. The van der Waals surface area contributed by atoms with E-state index in [1.54, 1.807) is 17.0 Å². The predicted octanol–water partition coefficient (Wildman–Crippen LogP) is 2.64. The number of aliphatic hydroxyl groups is 1. The Labute approximate surface area is 180 Å².